The molecule has 0 saturated heterocycles. The van der Waals surface area contributed by atoms with Crippen LogP contribution in [0.2, 0.25) is 10.0 Å². The fourth-order valence-electron chi connectivity index (χ4n) is 2.32. The first-order valence-electron chi connectivity index (χ1n) is 6.63. The molecule has 0 heterocycles. The molecule has 1 atom stereocenters. The van der Waals surface area contributed by atoms with E-state index in [4.69, 9.17) is 28.9 Å². The average molecular weight is 348 g/mol. The Bertz CT molecular complexity index is 656. The van der Waals surface area contributed by atoms with Crippen LogP contribution in [-0.4, -0.2) is 6.54 Å². The fourth-order valence-corrected chi connectivity index (χ4v) is 2.78. The molecule has 1 unspecified atom stereocenters. The van der Waals surface area contributed by atoms with Crippen LogP contribution in [0, 0.1) is 0 Å². The van der Waals surface area contributed by atoms with Gasteiger partial charge in [0.2, 0.25) is 0 Å². The zero-order chi connectivity index (χ0) is 16.3. The van der Waals surface area contributed by atoms with Gasteiger partial charge in [-0.25, -0.2) is 0 Å². The van der Waals surface area contributed by atoms with Gasteiger partial charge in [0, 0.05) is 5.92 Å². The number of halogens is 5. The van der Waals surface area contributed by atoms with Crippen LogP contribution in [0.25, 0.3) is 0 Å². The fraction of sp³-hybridized carbons (Fsp3) is 0.250. The summed E-state index contributed by atoms with van der Waals surface area (Å²) in [6, 6.07) is 10.4. The van der Waals surface area contributed by atoms with E-state index in [1.807, 2.05) is 0 Å². The summed E-state index contributed by atoms with van der Waals surface area (Å²) in [4.78, 5) is 0. The first-order valence-corrected chi connectivity index (χ1v) is 7.38. The maximum absolute atomic E-state index is 12.8. The average Bonchev–Trinajstić information content (AvgIpc) is 2.47. The molecule has 0 bridgehead atoms. The molecule has 0 aliphatic rings. The topological polar surface area (TPSA) is 26.0 Å². The number of hydrogen-bond donors (Lipinski definition) is 1. The van der Waals surface area contributed by atoms with Gasteiger partial charge in [0.15, 0.2) is 0 Å². The van der Waals surface area contributed by atoms with Gasteiger partial charge in [-0.2, -0.15) is 13.2 Å². The van der Waals surface area contributed by atoms with Crippen molar-refractivity contribution in [2.75, 3.05) is 6.54 Å². The number of hydrogen-bond acceptors (Lipinski definition) is 1. The minimum atomic E-state index is -4.36. The van der Waals surface area contributed by atoms with Gasteiger partial charge in [0.05, 0.1) is 15.6 Å². The maximum atomic E-state index is 12.8. The van der Waals surface area contributed by atoms with Crippen molar-refractivity contribution in [2.45, 2.75) is 18.5 Å². The Balaban J connectivity index is 2.29. The van der Waals surface area contributed by atoms with Crippen LogP contribution >= 0.6 is 23.2 Å². The highest BCUT2D eigenvalue weighted by Gasteiger charge is 2.30. The molecule has 0 saturated carbocycles. The molecule has 0 aliphatic heterocycles. The predicted octanol–water partition coefficient (Wildman–Crippen LogP) is 5.30. The Kier molecular flexibility index (Phi) is 5.37. The lowest BCUT2D eigenvalue weighted by Crippen LogP contribution is -2.16. The number of benzene rings is 2. The van der Waals surface area contributed by atoms with Crippen LogP contribution in [0.5, 0.6) is 0 Å². The van der Waals surface area contributed by atoms with Crippen LogP contribution in [0.3, 0.4) is 0 Å². The summed E-state index contributed by atoms with van der Waals surface area (Å²) in [7, 11) is 0. The van der Waals surface area contributed by atoms with E-state index in [1.54, 1.807) is 24.3 Å². The Labute approximate surface area is 136 Å². The van der Waals surface area contributed by atoms with E-state index in [0.717, 1.165) is 17.7 Å². The minimum absolute atomic E-state index is 0.199. The molecule has 0 fully saturated rings. The zero-order valence-corrected chi connectivity index (χ0v) is 13.0. The van der Waals surface area contributed by atoms with E-state index in [1.165, 1.54) is 6.07 Å². The summed E-state index contributed by atoms with van der Waals surface area (Å²) in [5.74, 6) is -0.199. The molecule has 0 aromatic heterocycles. The van der Waals surface area contributed by atoms with E-state index in [2.05, 4.69) is 0 Å². The molecule has 6 heteroatoms. The molecule has 0 amide bonds. The Morgan fingerprint density at radius 3 is 2.36 bits per heavy atom. The largest absolute Gasteiger partial charge is 0.416 e. The van der Waals surface area contributed by atoms with Crippen LogP contribution in [0.1, 0.15) is 22.6 Å². The van der Waals surface area contributed by atoms with E-state index < -0.39 is 11.7 Å². The first kappa shape index (κ1) is 17.1. The van der Waals surface area contributed by atoms with Gasteiger partial charge in [-0.15, -0.1) is 0 Å². The quantitative estimate of drug-likeness (QED) is 0.798. The standard InChI is InChI=1S/C16H14Cl2F3N/c17-14-6-2-5-13(15(14)18)11(9-22)7-10-3-1-4-12(8-10)16(19,20)21/h1-6,8,11H,7,9,22H2. The van der Waals surface area contributed by atoms with Crippen molar-refractivity contribution in [1.29, 1.82) is 0 Å². The Hall–Kier alpha value is -1.23. The van der Waals surface area contributed by atoms with Crippen molar-refractivity contribution >= 4 is 23.2 Å². The highest BCUT2D eigenvalue weighted by molar-refractivity contribution is 6.42. The van der Waals surface area contributed by atoms with E-state index in [9.17, 15) is 13.2 Å². The SMILES string of the molecule is NCC(Cc1cccc(C(F)(F)F)c1)c1cccc(Cl)c1Cl. The third kappa shape index (κ3) is 3.94. The molecule has 2 N–H and O–H groups in total. The predicted molar refractivity (Wildman–Crippen MR) is 83.4 cm³/mol. The van der Waals surface area contributed by atoms with Gasteiger partial charge in [-0.1, -0.05) is 53.5 Å². The molecule has 2 aromatic rings. The van der Waals surface area contributed by atoms with Crippen LogP contribution in [0.4, 0.5) is 13.2 Å². The lowest BCUT2D eigenvalue weighted by Gasteiger charge is -2.18. The first-order chi connectivity index (χ1) is 10.3. The van der Waals surface area contributed by atoms with Crippen molar-refractivity contribution in [3.05, 3.63) is 69.2 Å². The molecule has 1 nitrogen and oxygen atoms in total. The molecule has 0 aliphatic carbocycles. The number of rotatable bonds is 4. The zero-order valence-electron chi connectivity index (χ0n) is 11.5. The summed E-state index contributed by atoms with van der Waals surface area (Å²) in [5, 5.41) is 0.799. The second-order valence-corrected chi connectivity index (χ2v) is 5.76. The lowest BCUT2D eigenvalue weighted by molar-refractivity contribution is -0.137. The van der Waals surface area contributed by atoms with Gasteiger partial charge in [-0.3, -0.25) is 0 Å². The highest BCUT2D eigenvalue weighted by atomic mass is 35.5. The normalized spacial score (nSPS) is 13.2. The second-order valence-electron chi connectivity index (χ2n) is 4.98. The summed E-state index contributed by atoms with van der Waals surface area (Å²) in [6.45, 7) is 0.260. The molecular formula is C16H14Cl2F3N. The summed E-state index contributed by atoms with van der Waals surface area (Å²) >= 11 is 12.2. The van der Waals surface area contributed by atoms with Crippen molar-refractivity contribution in [3.8, 4) is 0 Å². The summed E-state index contributed by atoms with van der Waals surface area (Å²) in [6.07, 6.45) is -4.00. The smallest absolute Gasteiger partial charge is 0.330 e. The third-order valence-electron chi connectivity index (χ3n) is 3.44. The Morgan fingerprint density at radius 2 is 1.73 bits per heavy atom. The molecular weight excluding hydrogens is 334 g/mol. The summed E-state index contributed by atoms with van der Waals surface area (Å²) < 4.78 is 38.3. The van der Waals surface area contributed by atoms with Crippen molar-refractivity contribution in [1.82, 2.24) is 0 Å². The molecule has 0 radical (unpaired) electrons. The van der Waals surface area contributed by atoms with E-state index >= 15 is 0 Å². The van der Waals surface area contributed by atoms with Gasteiger partial charge >= 0.3 is 6.18 Å². The van der Waals surface area contributed by atoms with Gasteiger partial charge in [0.25, 0.3) is 0 Å². The third-order valence-corrected chi connectivity index (χ3v) is 4.28. The highest BCUT2D eigenvalue weighted by Crippen LogP contribution is 2.34. The second kappa shape index (κ2) is 6.90. The van der Waals surface area contributed by atoms with E-state index in [0.29, 0.717) is 22.0 Å². The van der Waals surface area contributed by atoms with Crippen molar-refractivity contribution in [2.24, 2.45) is 5.73 Å². The monoisotopic (exact) mass is 347 g/mol. The number of alkyl halides is 3. The van der Waals surface area contributed by atoms with Crippen molar-refractivity contribution in [3.63, 3.8) is 0 Å². The summed E-state index contributed by atoms with van der Waals surface area (Å²) in [5.41, 5.74) is 6.40. The molecule has 2 aromatic carbocycles. The van der Waals surface area contributed by atoms with E-state index in [-0.39, 0.29) is 12.5 Å². The molecule has 2 rings (SSSR count). The Morgan fingerprint density at radius 1 is 1.05 bits per heavy atom. The lowest BCUT2D eigenvalue weighted by atomic mass is 9.91. The minimum Gasteiger partial charge on any atom is -0.330 e. The number of nitrogens with two attached hydrogens (primary N) is 1. The van der Waals surface area contributed by atoms with Gasteiger partial charge < -0.3 is 5.73 Å². The maximum Gasteiger partial charge on any atom is 0.416 e. The van der Waals surface area contributed by atoms with Gasteiger partial charge in [0.1, 0.15) is 0 Å². The van der Waals surface area contributed by atoms with Crippen molar-refractivity contribution < 1.29 is 13.2 Å². The van der Waals surface area contributed by atoms with Gasteiger partial charge in [-0.05, 0) is 36.2 Å². The molecule has 118 valence electrons. The molecule has 22 heavy (non-hydrogen) atoms. The van der Waals surface area contributed by atoms with Crippen LogP contribution < -0.4 is 5.73 Å². The van der Waals surface area contributed by atoms with Crippen LogP contribution in [-0.2, 0) is 12.6 Å². The molecule has 0 spiro atoms. The van der Waals surface area contributed by atoms with Crippen LogP contribution in [0.15, 0.2) is 42.5 Å².